The van der Waals surface area contributed by atoms with Crippen molar-refractivity contribution in [2.24, 2.45) is 0 Å². The zero-order chi connectivity index (χ0) is 13.0. The third-order valence-corrected chi connectivity index (χ3v) is 3.43. The van der Waals surface area contributed by atoms with Gasteiger partial charge in [0.1, 0.15) is 0 Å². The van der Waals surface area contributed by atoms with Crippen LogP contribution in [0.1, 0.15) is 24.5 Å². The predicted octanol–water partition coefficient (Wildman–Crippen LogP) is 0.930. The molecule has 1 amide bonds. The number of rotatable bonds is 3. The van der Waals surface area contributed by atoms with E-state index in [0.29, 0.717) is 5.56 Å². The molecule has 18 heavy (non-hydrogen) atoms. The van der Waals surface area contributed by atoms with Crippen LogP contribution in [-0.2, 0) is 4.79 Å². The summed E-state index contributed by atoms with van der Waals surface area (Å²) in [5, 5.41) is 12.9. The molecule has 0 aliphatic carbocycles. The van der Waals surface area contributed by atoms with Gasteiger partial charge < -0.3 is 15.3 Å². The fraction of sp³-hybridized carbons (Fsp3) is 0.500. The van der Waals surface area contributed by atoms with Gasteiger partial charge in [-0.2, -0.15) is 0 Å². The second-order valence-electron chi connectivity index (χ2n) is 4.90. The number of nitrogens with one attached hydrogen (secondary N) is 1. The number of hydrogen-bond donors (Lipinski definition) is 2. The molecule has 2 N–H and O–H groups in total. The number of piperidine rings is 1. The van der Waals surface area contributed by atoms with Crippen LogP contribution < -0.4 is 5.32 Å². The van der Waals surface area contributed by atoms with Crippen molar-refractivity contribution in [1.82, 2.24) is 10.2 Å². The summed E-state index contributed by atoms with van der Waals surface area (Å²) >= 11 is 0. The van der Waals surface area contributed by atoms with E-state index < -0.39 is 6.10 Å². The van der Waals surface area contributed by atoms with Gasteiger partial charge in [0.05, 0.1) is 0 Å². The minimum atomic E-state index is -1.06. The molecule has 0 radical (unpaired) electrons. The van der Waals surface area contributed by atoms with E-state index in [1.165, 1.54) is 0 Å². The Labute approximate surface area is 108 Å². The zero-order valence-corrected chi connectivity index (χ0v) is 10.7. The summed E-state index contributed by atoms with van der Waals surface area (Å²) < 4.78 is 0. The molecule has 1 aromatic carbocycles. The number of carbonyl (C=O) groups excluding carboxylic acids is 1. The largest absolute Gasteiger partial charge is 0.378 e. The van der Waals surface area contributed by atoms with Crippen molar-refractivity contribution in [2.75, 3.05) is 20.1 Å². The summed E-state index contributed by atoms with van der Waals surface area (Å²) in [5.41, 5.74) is 0.642. The molecule has 0 bridgehead atoms. The van der Waals surface area contributed by atoms with Gasteiger partial charge in [-0.05, 0) is 38.5 Å². The molecule has 0 saturated carbocycles. The molecule has 0 aromatic heterocycles. The molecular weight excluding hydrogens is 228 g/mol. The Morgan fingerprint density at radius 2 is 1.94 bits per heavy atom. The van der Waals surface area contributed by atoms with E-state index in [1.807, 2.05) is 18.2 Å². The van der Waals surface area contributed by atoms with E-state index in [2.05, 4.69) is 17.3 Å². The van der Waals surface area contributed by atoms with Gasteiger partial charge in [0.2, 0.25) is 0 Å². The molecular formula is C14H20N2O2. The molecule has 98 valence electrons. The Bertz CT molecular complexity index is 386. The predicted molar refractivity (Wildman–Crippen MR) is 70.1 cm³/mol. The number of aliphatic hydroxyl groups excluding tert-OH is 1. The average molecular weight is 248 g/mol. The first-order chi connectivity index (χ1) is 8.66. The summed E-state index contributed by atoms with van der Waals surface area (Å²) in [6, 6.07) is 9.22. The Kier molecular flexibility index (Phi) is 4.33. The van der Waals surface area contributed by atoms with Crippen molar-refractivity contribution < 1.29 is 9.90 Å². The number of hydrogen-bond acceptors (Lipinski definition) is 3. The lowest BCUT2D eigenvalue weighted by atomic mass is 10.0. The molecule has 1 saturated heterocycles. The fourth-order valence-electron chi connectivity index (χ4n) is 2.22. The minimum absolute atomic E-state index is 0.187. The summed E-state index contributed by atoms with van der Waals surface area (Å²) in [6.07, 6.45) is 0.832. The molecule has 1 fully saturated rings. The Hall–Kier alpha value is -1.39. The van der Waals surface area contributed by atoms with Crippen LogP contribution in [0, 0.1) is 0 Å². The number of aliphatic hydroxyl groups is 1. The Morgan fingerprint density at radius 3 is 2.56 bits per heavy atom. The number of carbonyl (C=O) groups is 1. The second kappa shape index (κ2) is 5.98. The van der Waals surface area contributed by atoms with E-state index in [0.717, 1.165) is 25.9 Å². The highest BCUT2D eigenvalue weighted by Gasteiger charge is 2.22. The van der Waals surface area contributed by atoms with Crippen LogP contribution >= 0.6 is 0 Å². The maximum absolute atomic E-state index is 11.9. The SMILES string of the molecule is CN1CCC(NC(=O)C(O)c2ccccc2)CC1. The van der Waals surface area contributed by atoms with E-state index in [4.69, 9.17) is 0 Å². The van der Waals surface area contributed by atoms with Crippen LogP contribution in [0.3, 0.4) is 0 Å². The Balaban J connectivity index is 1.88. The average Bonchev–Trinajstić information content (AvgIpc) is 2.41. The van der Waals surface area contributed by atoms with Gasteiger partial charge in [-0.15, -0.1) is 0 Å². The molecule has 4 nitrogen and oxygen atoms in total. The normalized spacial score (nSPS) is 19.4. The van der Waals surface area contributed by atoms with E-state index in [9.17, 15) is 9.90 Å². The molecule has 1 aliphatic heterocycles. The third-order valence-electron chi connectivity index (χ3n) is 3.43. The van der Waals surface area contributed by atoms with Crippen molar-refractivity contribution in [1.29, 1.82) is 0 Å². The number of nitrogens with zero attached hydrogens (tertiary/aromatic N) is 1. The zero-order valence-electron chi connectivity index (χ0n) is 10.7. The molecule has 2 rings (SSSR count). The van der Waals surface area contributed by atoms with Crippen LogP contribution in [-0.4, -0.2) is 42.1 Å². The first kappa shape index (κ1) is 13.1. The van der Waals surface area contributed by atoms with Crippen molar-refractivity contribution in [3.05, 3.63) is 35.9 Å². The summed E-state index contributed by atoms with van der Waals surface area (Å²) in [6.45, 7) is 1.98. The molecule has 1 unspecified atom stereocenters. The van der Waals surface area contributed by atoms with Crippen LogP contribution in [0.5, 0.6) is 0 Å². The molecule has 0 spiro atoms. The van der Waals surface area contributed by atoms with E-state index >= 15 is 0 Å². The lowest BCUT2D eigenvalue weighted by Crippen LogP contribution is -2.44. The first-order valence-corrected chi connectivity index (χ1v) is 6.39. The van der Waals surface area contributed by atoms with Gasteiger partial charge in [0.15, 0.2) is 6.10 Å². The van der Waals surface area contributed by atoms with Crippen molar-refractivity contribution in [2.45, 2.75) is 25.0 Å². The standard InChI is InChI=1S/C14H20N2O2/c1-16-9-7-12(8-10-16)15-14(18)13(17)11-5-3-2-4-6-11/h2-6,12-13,17H,7-10H2,1H3,(H,15,18). The van der Waals surface area contributed by atoms with E-state index in [1.54, 1.807) is 12.1 Å². The van der Waals surface area contributed by atoms with Gasteiger partial charge in [-0.25, -0.2) is 0 Å². The minimum Gasteiger partial charge on any atom is -0.378 e. The molecule has 1 aromatic rings. The Morgan fingerprint density at radius 1 is 1.33 bits per heavy atom. The van der Waals surface area contributed by atoms with Gasteiger partial charge in [-0.3, -0.25) is 4.79 Å². The van der Waals surface area contributed by atoms with Crippen molar-refractivity contribution in [3.63, 3.8) is 0 Å². The number of likely N-dealkylation sites (tertiary alicyclic amines) is 1. The van der Waals surface area contributed by atoms with E-state index in [-0.39, 0.29) is 11.9 Å². The quantitative estimate of drug-likeness (QED) is 0.836. The first-order valence-electron chi connectivity index (χ1n) is 6.39. The van der Waals surface area contributed by atoms with Crippen LogP contribution in [0.2, 0.25) is 0 Å². The number of amides is 1. The second-order valence-corrected chi connectivity index (χ2v) is 4.90. The van der Waals surface area contributed by atoms with Gasteiger partial charge >= 0.3 is 0 Å². The van der Waals surface area contributed by atoms with Crippen molar-refractivity contribution >= 4 is 5.91 Å². The monoisotopic (exact) mass is 248 g/mol. The third kappa shape index (κ3) is 3.31. The summed E-state index contributed by atoms with van der Waals surface area (Å²) in [5.74, 6) is -0.296. The van der Waals surface area contributed by atoms with Gasteiger partial charge in [0, 0.05) is 6.04 Å². The van der Waals surface area contributed by atoms with Crippen molar-refractivity contribution in [3.8, 4) is 0 Å². The van der Waals surface area contributed by atoms with Crippen LogP contribution in [0.4, 0.5) is 0 Å². The number of benzene rings is 1. The fourth-order valence-corrected chi connectivity index (χ4v) is 2.22. The highest BCUT2D eigenvalue weighted by atomic mass is 16.3. The summed E-state index contributed by atoms with van der Waals surface area (Å²) in [7, 11) is 2.08. The smallest absolute Gasteiger partial charge is 0.253 e. The lowest BCUT2D eigenvalue weighted by Gasteiger charge is -2.30. The van der Waals surface area contributed by atoms with Gasteiger partial charge in [0.25, 0.3) is 5.91 Å². The van der Waals surface area contributed by atoms with Gasteiger partial charge in [-0.1, -0.05) is 30.3 Å². The lowest BCUT2D eigenvalue weighted by molar-refractivity contribution is -0.130. The highest BCUT2D eigenvalue weighted by molar-refractivity contribution is 5.82. The topological polar surface area (TPSA) is 52.6 Å². The van der Waals surface area contributed by atoms with Crippen LogP contribution in [0.15, 0.2) is 30.3 Å². The molecule has 1 heterocycles. The maximum Gasteiger partial charge on any atom is 0.253 e. The molecule has 1 aliphatic rings. The summed E-state index contributed by atoms with van der Waals surface area (Å²) in [4.78, 5) is 14.2. The molecule has 1 atom stereocenters. The highest BCUT2D eigenvalue weighted by Crippen LogP contribution is 2.14. The molecule has 4 heteroatoms. The maximum atomic E-state index is 11.9. The van der Waals surface area contributed by atoms with Crippen LogP contribution in [0.25, 0.3) is 0 Å².